The summed E-state index contributed by atoms with van der Waals surface area (Å²) in [5, 5.41) is 11.5. The van der Waals surface area contributed by atoms with Crippen molar-refractivity contribution in [1.29, 1.82) is 0 Å². The van der Waals surface area contributed by atoms with Gasteiger partial charge in [0.05, 0.1) is 12.0 Å². The predicted octanol–water partition coefficient (Wildman–Crippen LogP) is 4.02. The van der Waals surface area contributed by atoms with Gasteiger partial charge in [0, 0.05) is 4.90 Å². The van der Waals surface area contributed by atoms with Crippen LogP contribution >= 0.6 is 12.0 Å². The van der Waals surface area contributed by atoms with Crippen molar-refractivity contribution in [2.75, 3.05) is 0 Å². The van der Waals surface area contributed by atoms with E-state index in [0.29, 0.717) is 5.92 Å². The molecule has 0 saturated heterocycles. The summed E-state index contributed by atoms with van der Waals surface area (Å²) in [4.78, 5) is 0.902. The lowest BCUT2D eigenvalue weighted by Gasteiger charge is -2.12. The van der Waals surface area contributed by atoms with Gasteiger partial charge in [-0.05, 0) is 36.5 Å². The molecule has 1 N–H and O–H groups in total. The molecular formula is C11H16O3S. The summed E-state index contributed by atoms with van der Waals surface area (Å²) in [5.41, 5.74) is 1.34. The summed E-state index contributed by atoms with van der Waals surface area (Å²) in [6.45, 7) is 4.39. The van der Waals surface area contributed by atoms with Gasteiger partial charge >= 0.3 is 0 Å². The van der Waals surface area contributed by atoms with Crippen molar-refractivity contribution in [3.63, 3.8) is 0 Å². The van der Waals surface area contributed by atoms with Crippen LogP contribution in [0.25, 0.3) is 0 Å². The Labute approximate surface area is 94.5 Å². The molecule has 0 aliphatic carbocycles. The van der Waals surface area contributed by atoms with Gasteiger partial charge < -0.3 is 0 Å². The largest absolute Gasteiger partial charge is 0.220 e. The van der Waals surface area contributed by atoms with Crippen LogP contribution in [0.2, 0.25) is 0 Å². The van der Waals surface area contributed by atoms with Crippen LogP contribution in [0.5, 0.6) is 0 Å². The molecule has 1 aromatic carbocycles. The minimum absolute atomic E-state index is 0.624. The van der Waals surface area contributed by atoms with Crippen molar-refractivity contribution in [3.05, 3.63) is 29.8 Å². The van der Waals surface area contributed by atoms with Gasteiger partial charge in [-0.1, -0.05) is 31.0 Å². The van der Waals surface area contributed by atoms with E-state index in [4.69, 9.17) is 5.26 Å². The first-order valence-corrected chi connectivity index (χ1v) is 5.80. The minimum Gasteiger partial charge on any atom is -0.220 e. The van der Waals surface area contributed by atoms with E-state index < -0.39 is 0 Å². The lowest BCUT2D eigenvalue weighted by atomic mass is 9.94. The van der Waals surface area contributed by atoms with E-state index in [-0.39, 0.29) is 0 Å². The molecule has 0 aromatic heterocycles. The van der Waals surface area contributed by atoms with Gasteiger partial charge in [0.25, 0.3) is 0 Å². The molecule has 0 fully saturated rings. The second-order valence-electron chi connectivity index (χ2n) is 3.31. The van der Waals surface area contributed by atoms with Gasteiger partial charge in [-0.2, -0.15) is 0 Å². The fourth-order valence-corrected chi connectivity index (χ4v) is 1.97. The van der Waals surface area contributed by atoms with Crippen molar-refractivity contribution in [2.45, 2.75) is 37.5 Å². The van der Waals surface area contributed by atoms with Crippen molar-refractivity contribution < 1.29 is 14.6 Å². The molecule has 15 heavy (non-hydrogen) atoms. The molecule has 0 bridgehead atoms. The Morgan fingerprint density at radius 3 is 2.27 bits per heavy atom. The highest BCUT2D eigenvalue weighted by Gasteiger charge is 2.06. The number of benzene rings is 1. The number of hydrogen-bond donors (Lipinski definition) is 1. The monoisotopic (exact) mass is 228 g/mol. The van der Waals surface area contributed by atoms with E-state index >= 15 is 0 Å². The van der Waals surface area contributed by atoms with Gasteiger partial charge in [0.2, 0.25) is 0 Å². The molecule has 4 heteroatoms. The van der Waals surface area contributed by atoms with E-state index in [1.165, 1.54) is 5.56 Å². The van der Waals surface area contributed by atoms with Crippen LogP contribution in [-0.4, -0.2) is 5.26 Å². The first-order valence-electron chi connectivity index (χ1n) is 5.06. The molecule has 1 rings (SSSR count). The maximum Gasteiger partial charge on any atom is 0.0714 e. The average Bonchev–Trinajstić information content (AvgIpc) is 2.29. The fraction of sp³-hybridized carbons (Fsp3) is 0.455. The standard InChI is InChI=1S/C11H16O3S/c1-3-9(4-2)10-5-7-11(8-6-10)15-14-13-12/h5-9,12H,3-4H2,1-2H3. The van der Waals surface area contributed by atoms with Crippen LogP contribution in [0.1, 0.15) is 38.2 Å². The molecule has 0 spiro atoms. The Morgan fingerprint density at radius 2 is 1.80 bits per heavy atom. The normalized spacial score (nSPS) is 10.9. The number of rotatable bonds is 6. The Hall–Kier alpha value is -0.550. The second kappa shape index (κ2) is 6.85. The molecule has 0 unspecified atom stereocenters. The summed E-state index contributed by atoms with van der Waals surface area (Å²) >= 11 is 0.984. The van der Waals surface area contributed by atoms with Crippen molar-refractivity contribution in [1.82, 2.24) is 0 Å². The maximum atomic E-state index is 8.00. The fourth-order valence-electron chi connectivity index (χ4n) is 1.61. The van der Waals surface area contributed by atoms with Crippen LogP contribution in [0.4, 0.5) is 0 Å². The van der Waals surface area contributed by atoms with Gasteiger partial charge in [0.1, 0.15) is 0 Å². The van der Waals surface area contributed by atoms with E-state index in [2.05, 4.69) is 35.4 Å². The van der Waals surface area contributed by atoms with Gasteiger partial charge in [0.15, 0.2) is 0 Å². The van der Waals surface area contributed by atoms with E-state index in [9.17, 15) is 0 Å². The molecule has 0 radical (unpaired) electrons. The summed E-state index contributed by atoms with van der Waals surface area (Å²) in [6, 6.07) is 8.08. The second-order valence-corrected chi connectivity index (χ2v) is 4.08. The highest BCUT2D eigenvalue weighted by Crippen LogP contribution is 2.26. The van der Waals surface area contributed by atoms with Crippen molar-refractivity contribution in [2.24, 2.45) is 0 Å². The molecule has 0 saturated carbocycles. The third-order valence-electron chi connectivity index (χ3n) is 2.50. The summed E-state index contributed by atoms with van der Waals surface area (Å²) in [5.74, 6) is 0.624. The molecule has 0 amide bonds. The third kappa shape index (κ3) is 3.83. The van der Waals surface area contributed by atoms with Gasteiger partial charge in [-0.15, -0.1) is 4.33 Å². The molecule has 0 aliphatic rings. The van der Waals surface area contributed by atoms with Crippen LogP contribution in [0.3, 0.4) is 0 Å². The van der Waals surface area contributed by atoms with Crippen molar-refractivity contribution in [3.8, 4) is 0 Å². The highest BCUT2D eigenvalue weighted by atomic mass is 32.2. The predicted molar refractivity (Wildman–Crippen MR) is 60.4 cm³/mol. The maximum absolute atomic E-state index is 8.00. The van der Waals surface area contributed by atoms with Crippen LogP contribution < -0.4 is 0 Å². The van der Waals surface area contributed by atoms with Crippen LogP contribution in [0, 0.1) is 0 Å². The Kier molecular flexibility index (Phi) is 5.71. The zero-order valence-corrected chi connectivity index (χ0v) is 9.79. The molecule has 84 valence electrons. The highest BCUT2D eigenvalue weighted by molar-refractivity contribution is 7.94. The first-order chi connectivity index (χ1) is 7.31. The van der Waals surface area contributed by atoms with E-state index in [1.54, 1.807) is 0 Å². The third-order valence-corrected chi connectivity index (χ3v) is 3.09. The smallest absolute Gasteiger partial charge is 0.0714 e. The van der Waals surface area contributed by atoms with E-state index in [0.717, 1.165) is 29.8 Å². The van der Waals surface area contributed by atoms with Crippen LogP contribution in [0.15, 0.2) is 29.2 Å². The SMILES string of the molecule is CCC(CC)c1ccc(SOOO)cc1. The molecular weight excluding hydrogens is 212 g/mol. The Bertz CT molecular complexity index is 270. The van der Waals surface area contributed by atoms with Gasteiger partial charge in [-0.3, -0.25) is 0 Å². The topological polar surface area (TPSA) is 38.7 Å². The molecule has 1 aromatic rings. The Morgan fingerprint density at radius 1 is 1.20 bits per heavy atom. The average molecular weight is 228 g/mol. The molecule has 0 aliphatic heterocycles. The molecule has 0 atom stereocenters. The Balaban J connectivity index is 2.62. The quantitative estimate of drug-likeness (QED) is 0.453. The zero-order valence-electron chi connectivity index (χ0n) is 8.97. The first kappa shape index (κ1) is 12.5. The zero-order chi connectivity index (χ0) is 11.1. The number of hydrogen-bond acceptors (Lipinski definition) is 4. The summed E-state index contributed by atoms with van der Waals surface area (Å²) in [7, 11) is 0. The van der Waals surface area contributed by atoms with Crippen molar-refractivity contribution >= 4 is 12.0 Å². The van der Waals surface area contributed by atoms with E-state index in [1.807, 2.05) is 12.1 Å². The lowest BCUT2D eigenvalue weighted by Crippen LogP contribution is -1.94. The molecule has 3 nitrogen and oxygen atoms in total. The lowest BCUT2D eigenvalue weighted by molar-refractivity contribution is -0.432. The minimum atomic E-state index is 0.624. The van der Waals surface area contributed by atoms with Crippen LogP contribution in [-0.2, 0) is 9.37 Å². The summed E-state index contributed by atoms with van der Waals surface area (Å²) in [6.07, 6.45) is 2.30. The summed E-state index contributed by atoms with van der Waals surface area (Å²) < 4.78 is 4.34. The van der Waals surface area contributed by atoms with Gasteiger partial charge in [-0.25, -0.2) is 5.26 Å². The molecule has 0 heterocycles.